The highest BCUT2D eigenvalue weighted by Crippen LogP contribution is 2.55. The molecule has 28 nitrogen and oxygen atoms in total. The third-order valence-electron chi connectivity index (χ3n) is 21.1. The minimum Gasteiger partial charge on any atom is -0.445 e. The van der Waals surface area contributed by atoms with E-state index < -0.39 is 120 Å². The summed E-state index contributed by atoms with van der Waals surface area (Å²) in [5, 5.41) is 25.4. The van der Waals surface area contributed by atoms with Gasteiger partial charge < -0.3 is 89.6 Å². The first-order chi connectivity index (χ1) is 47.0. The maximum absolute atomic E-state index is 14.5. The Balaban J connectivity index is 0.664. The number of nitrogens with zero attached hydrogens (tertiary/aromatic N) is 1. The van der Waals surface area contributed by atoms with Crippen LogP contribution in [0.3, 0.4) is 0 Å². The first-order valence-corrected chi connectivity index (χ1v) is 35.4. The minimum absolute atomic E-state index is 0.0101. The van der Waals surface area contributed by atoms with Crippen LogP contribution in [0.15, 0.2) is 48.6 Å². The van der Waals surface area contributed by atoms with Crippen molar-refractivity contribution < 1.29 is 100 Å². The van der Waals surface area contributed by atoms with Crippen LogP contribution in [-0.4, -0.2) is 199 Å². The molecule has 8 amide bonds. The van der Waals surface area contributed by atoms with Crippen LogP contribution >= 0.6 is 0 Å². The molecule has 11 saturated heterocycles. The number of hydrogen-bond donors (Lipinski definition) is 7. The number of methoxy groups -OCH3 is 1. The third-order valence-corrected chi connectivity index (χ3v) is 21.1. The molecule has 12 bridgehead atoms. The van der Waals surface area contributed by atoms with Crippen molar-refractivity contribution in [1.82, 2.24) is 26.3 Å². The Kier molecular flexibility index (Phi) is 24.1. The molecule has 6 unspecified atom stereocenters. The average Bonchev–Trinajstić information content (AvgIpc) is 1.55. The van der Waals surface area contributed by atoms with E-state index in [1.165, 1.54) is 0 Å². The zero-order valence-corrected chi connectivity index (χ0v) is 56.7. The van der Waals surface area contributed by atoms with Gasteiger partial charge >= 0.3 is 18.1 Å². The van der Waals surface area contributed by atoms with Crippen molar-refractivity contribution in [3.05, 3.63) is 54.1 Å². The number of unbranched alkanes of at least 4 members (excludes halogenated alkanes) is 2. The second-order valence-electron chi connectivity index (χ2n) is 28.7. The number of aliphatic hydroxyl groups is 1. The van der Waals surface area contributed by atoms with Gasteiger partial charge in [-0.05, 0) is 111 Å². The van der Waals surface area contributed by atoms with E-state index in [2.05, 4.69) is 46.7 Å². The fourth-order valence-corrected chi connectivity index (χ4v) is 15.9. The summed E-state index contributed by atoms with van der Waals surface area (Å²) in [6.07, 6.45) is 1.75. The number of rotatable bonds is 24. The van der Waals surface area contributed by atoms with Gasteiger partial charge in [-0.15, -0.1) is 5.06 Å². The molecule has 0 saturated carbocycles. The van der Waals surface area contributed by atoms with E-state index in [1.807, 2.05) is 0 Å². The molecule has 1 aromatic carbocycles. The Hall–Kier alpha value is -6.47. The van der Waals surface area contributed by atoms with Gasteiger partial charge in [-0.1, -0.05) is 52.5 Å². The molecule has 1 aromatic rings. The smallest absolute Gasteiger partial charge is 0.407 e. The highest BCUT2D eigenvalue weighted by Gasteiger charge is 2.69. The molecule has 21 atom stereocenters. The maximum Gasteiger partial charge on any atom is 0.407 e. The summed E-state index contributed by atoms with van der Waals surface area (Å²) in [5.41, 5.74) is 8.20. The number of alkyl carbamates (subject to hydrolysis) is 1. The number of anilines is 1. The number of hydrogen-bond acceptors (Lipinski definition) is 21. The van der Waals surface area contributed by atoms with Crippen molar-refractivity contribution in [3.8, 4) is 0 Å². The molecule has 11 heterocycles. The molecule has 1 spiro atoms. The number of benzene rings is 1. The Morgan fingerprint density at radius 1 is 0.735 bits per heavy atom. The van der Waals surface area contributed by atoms with Crippen LogP contribution < -0.4 is 32.3 Å². The highest BCUT2D eigenvalue weighted by atomic mass is 16.8. The number of nitrogens with two attached hydrogens (primary N) is 1. The second-order valence-corrected chi connectivity index (χ2v) is 28.7. The number of ether oxygens (including phenoxy) is 10. The normalized spacial score (nSPS) is 34.4. The van der Waals surface area contributed by atoms with Gasteiger partial charge in [0.2, 0.25) is 17.7 Å². The fourth-order valence-electron chi connectivity index (χ4n) is 15.9. The summed E-state index contributed by atoms with van der Waals surface area (Å²) in [6, 6.07) is 3.55. The lowest BCUT2D eigenvalue weighted by atomic mass is 9.81. The number of aliphatic hydroxyl groups excluding tert-OH is 1. The van der Waals surface area contributed by atoms with Gasteiger partial charge in [-0.25, -0.2) is 14.4 Å². The number of primary amides is 1. The number of fused-ring (bicyclic) bond motifs is 6. The zero-order valence-electron chi connectivity index (χ0n) is 56.7. The number of carbonyl (C=O) groups excluding carboxylic acids is 9. The summed E-state index contributed by atoms with van der Waals surface area (Å²) in [7, 11) is 1.58. The standard InChI is InChI=1S/C70H99N7O21/c1-36(2)59(76-55(80)12-8-7-9-13-58(83)98-77-56(81)22-23-57(77)82)67(85)75-48(11-10-26-72-68(71)86)66(84)74-41-16-14-40(15-17-41)35-89-69(87)73-34-43(79)31-53-60(88-6)47-30-42(78)29-45-19-21-50-61(92-45)65-64-63(94-50)62-54(95-64)33-70(96-62,97-65)25-24-46-28-38(4)49(90-46)20-18-44-27-37(3)39(5)51(91-44)32-52(47)93-53/h14-17,36-37,43-54,59-65,79H,4-5,7-13,18-35H2,1-3,6H3,(H,73,87)(H,74,84)(H,75,85)(H,76,80)(H3,71,72,86)/t37-,43+,44+,45?,46+,47+,48+,49?,50+,51?,52+,53?,54?,59+,60-,61+,62-,63?,64-,65+,70+/m1/s1. The van der Waals surface area contributed by atoms with Crippen molar-refractivity contribution in [2.45, 2.75) is 284 Å². The SMILES string of the molecule is C=C1C[C@@H]2CC[C@@]34CC5O[C@@H]6C(O[C@H]7CCC(CC(=O)C[C@H]8[C@H](CC9O[C@@H](CCC1O2)C[C@@H](C)C9=C)OC(C[C@H](O)CNC(=O)OCc1ccc(NC(=O)[C@H](CCCNC(N)=O)NC(=O)[C@@H](NC(=O)CCCCCC(=O)ON2C(=O)CCC2=O)C(C)C)cc1)[C@@H]8OC)O[C@@H]7[C@@H]6O3)[C@@H]5O4. The molecule has 0 aromatic heterocycles. The molecule has 28 heteroatoms. The van der Waals surface area contributed by atoms with Crippen LogP contribution in [-0.2, 0) is 92.4 Å². The van der Waals surface area contributed by atoms with Gasteiger partial charge in [-0.2, -0.15) is 0 Å². The monoisotopic (exact) mass is 1370 g/mol. The molecule has 540 valence electrons. The number of urea groups is 1. The van der Waals surface area contributed by atoms with Crippen molar-refractivity contribution in [1.29, 1.82) is 0 Å². The van der Waals surface area contributed by atoms with Gasteiger partial charge in [0.1, 0.15) is 55.0 Å². The van der Waals surface area contributed by atoms with Crippen LogP contribution in [0.2, 0.25) is 0 Å². The lowest BCUT2D eigenvalue weighted by Gasteiger charge is -2.47. The molecule has 11 fully saturated rings. The topological polar surface area (TPSA) is 365 Å². The number of ketones is 1. The minimum atomic E-state index is -1.11. The Bertz CT molecular complexity index is 3080. The number of hydroxylamine groups is 2. The lowest BCUT2D eigenvalue weighted by molar-refractivity contribution is -0.292. The van der Waals surface area contributed by atoms with Crippen molar-refractivity contribution in [2.75, 3.05) is 25.5 Å². The molecule has 11 aliphatic heterocycles. The molecule has 0 aliphatic carbocycles. The van der Waals surface area contributed by atoms with Gasteiger partial charge in [0.05, 0.1) is 67.1 Å². The predicted molar refractivity (Wildman–Crippen MR) is 346 cm³/mol. The fraction of sp³-hybridized carbons (Fsp3) is 0.729. The average molecular weight is 1370 g/mol. The molecular weight excluding hydrogens is 1270 g/mol. The number of imide groups is 1. The van der Waals surface area contributed by atoms with Crippen LogP contribution in [0.5, 0.6) is 0 Å². The highest BCUT2D eigenvalue weighted by molar-refractivity contribution is 6.01. The van der Waals surface area contributed by atoms with Crippen molar-refractivity contribution in [3.63, 3.8) is 0 Å². The predicted octanol–water partition coefficient (Wildman–Crippen LogP) is 4.98. The van der Waals surface area contributed by atoms with E-state index in [0.29, 0.717) is 67.7 Å². The summed E-state index contributed by atoms with van der Waals surface area (Å²) in [6.45, 7) is 14.4. The maximum atomic E-state index is 14.5. The number of carbonyl (C=O) groups is 9. The number of nitrogens with one attached hydrogen (secondary N) is 5. The molecule has 12 rings (SSSR count). The van der Waals surface area contributed by atoms with E-state index >= 15 is 0 Å². The van der Waals surface area contributed by atoms with Crippen molar-refractivity contribution >= 4 is 59.1 Å². The van der Waals surface area contributed by atoms with E-state index in [0.717, 1.165) is 43.3 Å². The lowest BCUT2D eigenvalue weighted by Crippen LogP contribution is -2.61. The molecule has 11 aliphatic rings. The van der Waals surface area contributed by atoms with E-state index in [9.17, 15) is 48.3 Å². The van der Waals surface area contributed by atoms with Gasteiger partial charge in [0.15, 0.2) is 5.79 Å². The van der Waals surface area contributed by atoms with Crippen LogP contribution in [0.4, 0.5) is 15.3 Å². The molecule has 0 radical (unpaired) electrons. The van der Waals surface area contributed by atoms with E-state index in [-0.39, 0.29) is 144 Å². The largest absolute Gasteiger partial charge is 0.445 e. The van der Waals surface area contributed by atoms with Gasteiger partial charge in [0.25, 0.3) is 11.8 Å². The summed E-state index contributed by atoms with van der Waals surface area (Å²) >= 11 is 0. The van der Waals surface area contributed by atoms with Crippen LogP contribution in [0.25, 0.3) is 0 Å². The molecule has 8 N–H and O–H groups in total. The van der Waals surface area contributed by atoms with Gasteiger partial charge in [0, 0.05) is 96.0 Å². The molecular formula is C70H99N7O21. The van der Waals surface area contributed by atoms with Crippen LogP contribution in [0, 0.1) is 17.8 Å². The summed E-state index contributed by atoms with van der Waals surface area (Å²) < 4.78 is 66.3. The Morgan fingerprint density at radius 3 is 2.20 bits per heavy atom. The zero-order chi connectivity index (χ0) is 69.5. The van der Waals surface area contributed by atoms with Crippen LogP contribution in [0.1, 0.15) is 168 Å². The van der Waals surface area contributed by atoms with Gasteiger partial charge in [-0.3, -0.25) is 28.8 Å². The second kappa shape index (κ2) is 32.5. The Morgan fingerprint density at radius 2 is 1.45 bits per heavy atom. The Labute approximate surface area is 571 Å². The first-order valence-electron chi connectivity index (χ1n) is 35.4. The first kappa shape index (κ1) is 72.8. The summed E-state index contributed by atoms with van der Waals surface area (Å²) in [4.78, 5) is 120. The molecule has 98 heavy (non-hydrogen) atoms. The number of Topliss-reactive ketones (excluding diaryl/α,β-unsaturated/α-hetero) is 1. The van der Waals surface area contributed by atoms with E-state index in [4.69, 9.17) is 57.9 Å². The summed E-state index contributed by atoms with van der Waals surface area (Å²) in [5.74, 6) is -5.05. The third kappa shape index (κ3) is 17.8. The quantitative estimate of drug-likeness (QED) is 0.0408. The van der Waals surface area contributed by atoms with E-state index in [1.54, 1.807) is 45.2 Å². The number of amides is 8. The van der Waals surface area contributed by atoms with Crippen molar-refractivity contribution in [2.24, 2.45) is 23.5 Å².